The molecule has 4 heteroatoms. The summed E-state index contributed by atoms with van der Waals surface area (Å²) in [6, 6.07) is 0.686. The predicted octanol–water partition coefficient (Wildman–Crippen LogP) is 1.01. The van der Waals surface area contributed by atoms with Gasteiger partial charge in [-0.2, -0.15) is 0 Å². The zero-order chi connectivity index (χ0) is 12.3. The van der Waals surface area contributed by atoms with Crippen molar-refractivity contribution < 1.29 is 9.53 Å². The van der Waals surface area contributed by atoms with E-state index >= 15 is 0 Å². The number of carbonyl (C=O) groups excluding carboxylic acids is 1. The van der Waals surface area contributed by atoms with Crippen molar-refractivity contribution in [3.63, 3.8) is 0 Å². The second kappa shape index (κ2) is 5.83. The van der Waals surface area contributed by atoms with Crippen molar-refractivity contribution in [2.75, 3.05) is 26.8 Å². The van der Waals surface area contributed by atoms with Crippen LogP contribution < -0.4 is 5.32 Å². The zero-order valence-electron chi connectivity index (χ0n) is 10.9. The lowest BCUT2D eigenvalue weighted by atomic mass is 10.0. The number of hydrogen-bond acceptors (Lipinski definition) is 3. The summed E-state index contributed by atoms with van der Waals surface area (Å²) in [4.78, 5) is 14.3. The third-order valence-corrected chi connectivity index (χ3v) is 3.53. The number of nitrogens with zero attached hydrogens (tertiary/aromatic N) is 1. The maximum absolute atomic E-state index is 12.3. The first kappa shape index (κ1) is 12.8. The van der Waals surface area contributed by atoms with Crippen LogP contribution in [0.15, 0.2) is 0 Å². The van der Waals surface area contributed by atoms with Gasteiger partial charge in [0.05, 0.1) is 12.6 Å². The molecule has 0 aromatic rings. The smallest absolute Gasteiger partial charge is 0.239 e. The summed E-state index contributed by atoms with van der Waals surface area (Å²) in [6.07, 6.45) is 4.61. The van der Waals surface area contributed by atoms with Gasteiger partial charge in [0.15, 0.2) is 0 Å². The molecule has 1 aliphatic heterocycles. The van der Waals surface area contributed by atoms with Gasteiger partial charge in [0.25, 0.3) is 0 Å². The molecular formula is C13H24N2O2. The number of amides is 1. The number of hydrogen-bond donors (Lipinski definition) is 1. The average Bonchev–Trinajstić information content (AvgIpc) is 3.08. The van der Waals surface area contributed by atoms with Gasteiger partial charge < -0.3 is 15.0 Å². The van der Waals surface area contributed by atoms with E-state index < -0.39 is 0 Å². The van der Waals surface area contributed by atoms with Crippen LogP contribution in [0.4, 0.5) is 0 Å². The molecule has 1 saturated carbocycles. The van der Waals surface area contributed by atoms with Gasteiger partial charge in [0, 0.05) is 26.2 Å². The number of piperidine rings is 1. The van der Waals surface area contributed by atoms with Crippen molar-refractivity contribution >= 4 is 5.91 Å². The molecule has 1 saturated heterocycles. The Morgan fingerprint density at radius 1 is 1.47 bits per heavy atom. The fraction of sp³-hybridized carbons (Fsp3) is 0.923. The summed E-state index contributed by atoms with van der Waals surface area (Å²) in [7, 11) is 1.71. The van der Waals surface area contributed by atoms with E-state index in [0.29, 0.717) is 17.9 Å². The number of nitrogens with one attached hydrogen (secondary N) is 1. The number of rotatable bonds is 6. The summed E-state index contributed by atoms with van der Waals surface area (Å²) in [5, 5.41) is 3.46. The molecule has 2 fully saturated rings. The van der Waals surface area contributed by atoms with Crippen LogP contribution in [0.1, 0.15) is 32.6 Å². The van der Waals surface area contributed by atoms with E-state index in [0.717, 1.165) is 32.5 Å². The third-order valence-electron chi connectivity index (χ3n) is 3.53. The summed E-state index contributed by atoms with van der Waals surface area (Å²) in [5.41, 5.74) is 0. The van der Waals surface area contributed by atoms with Crippen molar-refractivity contribution in [3.05, 3.63) is 0 Å². The van der Waals surface area contributed by atoms with Crippen LogP contribution in [-0.2, 0) is 9.53 Å². The number of carbonyl (C=O) groups is 1. The maximum atomic E-state index is 12.3. The molecule has 2 atom stereocenters. The average molecular weight is 240 g/mol. The Bertz CT molecular complexity index is 266. The lowest BCUT2D eigenvalue weighted by Gasteiger charge is -2.34. The molecule has 0 radical (unpaired) electrons. The fourth-order valence-corrected chi connectivity index (χ4v) is 2.52. The van der Waals surface area contributed by atoms with Gasteiger partial charge in [-0.25, -0.2) is 0 Å². The number of likely N-dealkylation sites (tertiary alicyclic amines) is 1. The van der Waals surface area contributed by atoms with E-state index in [1.54, 1.807) is 7.11 Å². The Kier molecular flexibility index (Phi) is 4.40. The van der Waals surface area contributed by atoms with Crippen molar-refractivity contribution in [1.82, 2.24) is 10.2 Å². The molecule has 2 unspecified atom stereocenters. The molecule has 0 bridgehead atoms. The molecule has 4 nitrogen and oxygen atoms in total. The highest BCUT2D eigenvalue weighted by Gasteiger charge is 2.33. The van der Waals surface area contributed by atoms with Gasteiger partial charge >= 0.3 is 0 Å². The van der Waals surface area contributed by atoms with Crippen molar-refractivity contribution in [3.8, 4) is 0 Å². The zero-order valence-corrected chi connectivity index (χ0v) is 10.9. The third kappa shape index (κ3) is 3.68. The minimum Gasteiger partial charge on any atom is -0.384 e. The van der Waals surface area contributed by atoms with Crippen LogP contribution in [-0.4, -0.2) is 49.7 Å². The standard InChI is InChI=1S/C13H24N2O2/c1-10(9-17-2)8-15-7-3-4-12(13(15)16)14-11-5-6-11/h10-12,14H,3-9H2,1-2H3. The highest BCUT2D eigenvalue weighted by molar-refractivity contribution is 5.82. The molecule has 2 rings (SSSR count). The first-order valence-electron chi connectivity index (χ1n) is 6.74. The molecule has 2 aliphatic rings. The Balaban J connectivity index is 1.81. The molecule has 1 heterocycles. The van der Waals surface area contributed by atoms with Gasteiger partial charge in [-0.3, -0.25) is 4.79 Å². The lowest BCUT2D eigenvalue weighted by Crippen LogP contribution is -2.52. The van der Waals surface area contributed by atoms with Crippen molar-refractivity contribution in [2.24, 2.45) is 5.92 Å². The van der Waals surface area contributed by atoms with Crippen LogP contribution in [0.2, 0.25) is 0 Å². The summed E-state index contributed by atoms with van der Waals surface area (Å²) < 4.78 is 5.13. The second-order valence-corrected chi connectivity index (χ2v) is 5.48. The molecule has 0 aromatic heterocycles. The van der Waals surface area contributed by atoms with Gasteiger partial charge in [-0.1, -0.05) is 6.92 Å². The molecule has 1 N–H and O–H groups in total. The normalized spacial score (nSPS) is 27.3. The largest absolute Gasteiger partial charge is 0.384 e. The molecule has 1 amide bonds. The summed E-state index contributed by atoms with van der Waals surface area (Å²) in [5.74, 6) is 0.717. The van der Waals surface area contributed by atoms with Crippen molar-refractivity contribution in [1.29, 1.82) is 0 Å². The van der Waals surface area contributed by atoms with Crippen LogP contribution >= 0.6 is 0 Å². The summed E-state index contributed by atoms with van der Waals surface area (Å²) in [6.45, 7) is 4.60. The first-order valence-corrected chi connectivity index (χ1v) is 6.74. The Morgan fingerprint density at radius 2 is 2.24 bits per heavy atom. The lowest BCUT2D eigenvalue weighted by molar-refractivity contribution is -0.136. The SMILES string of the molecule is COCC(C)CN1CCCC(NC2CC2)C1=O. The minimum atomic E-state index is 0.0750. The number of methoxy groups -OCH3 is 1. The van der Waals surface area contributed by atoms with Crippen LogP contribution in [0.25, 0.3) is 0 Å². The Hall–Kier alpha value is -0.610. The Labute approximate surface area is 104 Å². The van der Waals surface area contributed by atoms with Gasteiger partial charge in [0.2, 0.25) is 5.91 Å². The van der Waals surface area contributed by atoms with E-state index in [1.807, 2.05) is 4.90 Å². The van der Waals surface area contributed by atoms with Gasteiger partial charge in [-0.15, -0.1) is 0 Å². The monoisotopic (exact) mass is 240 g/mol. The van der Waals surface area contributed by atoms with E-state index in [4.69, 9.17) is 4.74 Å². The van der Waals surface area contributed by atoms with Crippen LogP contribution in [0.5, 0.6) is 0 Å². The van der Waals surface area contributed by atoms with Gasteiger partial charge in [0.1, 0.15) is 0 Å². The predicted molar refractivity (Wildman–Crippen MR) is 66.8 cm³/mol. The first-order chi connectivity index (χ1) is 8.20. The van der Waals surface area contributed by atoms with Gasteiger partial charge in [-0.05, 0) is 31.6 Å². The van der Waals surface area contributed by atoms with E-state index in [1.165, 1.54) is 12.8 Å². The molecule has 17 heavy (non-hydrogen) atoms. The molecule has 98 valence electrons. The maximum Gasteiger partial charge on any atom is 0.239 e. The molecular weight excluding hydrogens is 216 g/mol. The summed E-state index contributed by atoms with van der Waals surface area (Å²) >= 11 is 0. The highest BCUT2D eigenvalue weighted by Crippen LogP contribution is 2.22. The topological polar surface area (TPSA) is 41.6 Å². The van der Waals surface area contributed by atoms with E-state index in [9.17, 15) is 4.79 Å². The quantitative estimate of drug-likeness (QED) is 0.753. The Morgan fingerprint density at radius 3 is 2.88 bits per heavy atom. The minimum absolute atomic E-state index is 0.0750. The fourth-order valence-electron chi connectivity index (χ4n) is 2.52. The van der Waals surface area contributed by atoms with E-state index in [2.05, 4.69) is 12.2 Å². The van der Waals surface area contributed by atoms with Crippen LogP contribution in [0, 0.1) is 5.92 Å². The highest BCUT2D eigenvalue weighted by atomic mass is 16.5. The molecule has 0 aromatic carbocycles. The molecule has 0 spiro atoms. The molecule has 1 aliphatic carbocycles. The van der Waals surface area contributed by atoms with Crippen molar-refractivity contribution in [2.45, 2.75) is 44.7 Å². The van der Waals surface area contributed by atoms with Crippen LogP contribution in [0.3, 0.4) is 0 Å². The number of ether oxygens (including phenoxy) is 1. The second-order valence-electron chi connectivity index (χ2n) is 5.48. The van der Waals surface area contributed by atoms with E-state index in [-0.39, 0.29) is 6.04 Å².